The van der Waals surface area contributed by atoms with Gasteiger partial charge in [-0.15, -0.1) is 0 Å². The third-order valence-electron chi connectivity index (χ3n) is 4.69. The van der Waals surface area contributed by atoms with E-state index in [-0.39, 0.29) is 0 Å². The largest absolute Gasteiger partial charge is 0.864 e. The molecule has 0 spiro atoms. The highest BCUT2D eigenvalue weighted by Crippen LogP contribution is 2.30. The molecule has 0 bridgehead atoms. The van der Waals surface area contributed by atoms with Crippen LogP contribution in [0.5, 0.6) is 17.2 Å². The highest BCUT2D eigenvalue weighted by Gasteiger charge is 2.35. The quantitative estimate of drug-likeness (QED) is 0.462. The van der Waals surface area contributed by atoms with Crippen LogP contribution in [0.25, 0.3) is 0 Å². The number of nitrogens with zero attached hydrogens (tertiary/aromatic N) is 6. The second-order valence-corrected chi connectivity index (χ2v) is 6.70. The van der Waals surface area contributed by atoms with Gasteiger partial charge in [0.05, 0.1) is 0 Å². The second kappa shape index (κ2) is 10.9. The van der Waals surface area contributed by atoms with Gasteiger partial charge < -0.3 is 14.0 Å². The van der Waals surface area contributed by atoms with Crippen LogP contribution < -0.4 is 14.0 Å². The molecule has 0 unspecified atom stereocenters. The van der Waals surface area contributed by atoms with E-state index >= 15 is 0 Å². The van der Waals surface area contributed by atoms with Crippen molar-refractivity contribution in [3.05, 3.63) is 87.2 Å². The fourth-order valence-corrected chi connectivity index (χ4v) is 3.01. The first-order chi connectivity index (χ1) is 17.8. The van der Waals surface area contributed by atoms with Gasteiger partial charge in [-0.2, -0.15) is 31.6 Å². The van der Waals surface area contributed by atoms with Crippen molar-refractivity contribution in [2.24, 2.45) is 0 Å². The minimum absolute atomic E-state index is 0.437. The monoisotopic (exact) mass is 494 g/mol. The summed E-state index contributed by atoms with van der Waals surface area (Å²) in [4.78, 5) is 0. The minimum Gasteiger partial charge on any atom is -0.488 e. The molecule has 3 aromatic rings. The normalized spacial score (nSPS) is 9.32. The minimum atomic E-state index is -2.06. The van der Waals surface area contributed by atoms with E-state index in [1.807, 2.05) is 0 Å². The molecule has 0 heterocycles. The van der Waals surface area contributed by atoms with Crippen LogP contribution in [-0.4, -0.2) is 7.32 Å². The van der Waals surface area contributed by atoms with E-state index in [4.69, 9.17) is 14.0 Å². The Morgan fingerprint density at radius 3 is 0.892 bits per heavy atom. The summed E-state index contributed by atoms with van der Waals surface area (Å²) in [6.07, 6.45) is 0. The molecule has 0 aliphatic rings. The van der Waals surface area contributed by atoms with Crippen molar-refractivity contribution in [2.75, 3.05) is 0 Å². The van der Waals surface area contributed by atoms with E-state index in [0.29, 0.717) is 0 Å². The van der Waals surface area contributed by atoms with Gasteiger partial charge in [0.15, 0.2) is 0 Å². The molecule has 0 aliphatic heterocycles. The highest BCUT2D eigenvalue weighted by molar-refractivity contribution is 6.39. The summed E-state index contributed by atoms with van der Waals surface area (Å²) in [6, 6.07) is 14.6. The van der Waals surface area contributed by atoms with Gasteiger partial charge in [0.1, 0.15) is 104 Å². The summed E-state index contributed by atoms with van der Waals surface area (Å²) in [5, 5.41) is 55.9. The lowest BCUT2D eigenvalue weighted by atomic mass is 10.0. The molecule has 0 aromatic heterocycles. The first kappa shape index (κ1) is 25.5. The third-order valence-corrected chi connectivity index (χ3v) is 4.69. The molecule has 0 amide bonds. The zero-order valence-electron chi connectivity index (χ0n) is 18.1. The number of hydrogen-bond acceptors (Lipinski definition) is 9. The number of rotatable bonds is 6. The average molecular weight is 494 g/mol. The van der Waals surface area contributed by atoms with Gasteiger partial charge in [0.25, 0.3) is 0 Å². The van der Waals surface area contributed by atoms with Crippen LogP contribution in [0.2, 0.25) is 0 Å². The molecule has 0 aliphatic carbocycles. The molecule has 3 rings (SSSR count). The lowest BCUT2D eigenvalue weighted by molar-refractivity contribution is 0.305. The topological polar surface area (TPSA) is 170 Å². The molecule has 0 saturated heterocycles. The van der Waals surface area contributed by atoms with E-state index in [2.05, 4.69) is 0 Å². The van der Waals surface area contributed by atoms with Crippen molar-refractivity contribution in [1.29, 1.82) is 31.6 Å². The van der Waals surface area contributed by atoms with E-state index in [9.17, 15) is 44.7 Å². The number of nitriles is 6. The lowest BCUT2D eigenvalue weighted by Crippen LogP contribution is -2.38. The summed E-state index contributed by atoms with van der Waals surface area (Å²) in [5.74, 6) is -4.40. The predicted octanol–water partition coefficient (Wildman–Crippen LogP) is 3.86. The van der Waals surface area contributed by atoms with Crippen molar-refractivity contribution in [2.45, 2.75) is 0 Å². The second-order valence-electron chi connectivity index (χ2n) is 6.70. The maximum Gasteiger partial charge on any atom is 0.864 e. The number of benzene rings is 3. The smallest absolute Gasteiger partial charge is 0.488 e. The number of halogens is 3. The van der Waals surface area contributed by atoms with Gasteiger partial charge >= 0.3 is 7.32 Å². The fraction of sp³-hybridized carbons (Fsp3) is 0. The van der Waals surface area contributed by atoms with Crippen LogP contribution in [0.4, 0.5) is 13.2 Å². The molecule has 37 heavy (non-hydrogen) atoms. The third kappa shape index (κ3) is 4.89. The molecule has 0 N–H and O–H groups in total. The molecule has 13 heteroatoms. The molecule has 174 valence electrons. The average Bonchev–Trinajstić information content (AvgIpc) is 2.90. The van der Waals surface area contributed by atoms with Crippen LogP contribution in [0.3, 0.4) is 0 Å². The Morgan fingerprint density at radius 1 is 0.432 bits per heavy atom. The standard InChI is InChI=1S/C24H6BF3N6O3/c26-19-1-4-22(16(10-32)13(19)7-29)35-25(36-23-5-2-20(27)14(8-30)17(23)11-33)37-24-6-3-21(28)15(9-31)18(24)12-34/h1-6H. The van der Waals surface area contributed by atoms with E-state index < -0.39 is 75.4 Å². The van der Waals surface area contributed by atoms with Crippen LogP contribution in [0.1, 0.15) is 33.4 Å². The molecule has 0 radical (unpaired) electrons. The summed E-state index contributed by atoms with van der Waals surface area (Å²) in [6.45, 7) is 0. The first-order valence-electron chi connectivity index (χ1n) is 9.71. The van der Waals surface area contributed by atoms with E-state index in [1.54, 1.807) is 18.2 Å². The molecule has 3 aromatic carbocycles. The van der Waals surface area contributed by atoms with Gasteiger partial charge in [0, 0.05) is 0 Å². The van der Waals surface area contributed by atoms with E-state index in [1.165, 1.54) is 18.2 Å². The molecular formula is C24H6BF3N6O3. The fourth-order valence-electron chi connectivity index (χ4n) is 3.01. The van der Waals surface area contributed by atoms with Gasteiger partial charge in [-0.3, -0.25) is 0 Å². The summed E-state index contributed by atoms with van der Waals surface area (Å²) in [5.41, 5.74) is -3.69. The summed E-state index contributed by atoms with van der Waals surface area (Å²) < 4.78 is 58.5. The van der Waals surface area contributed by atoms with Gasteiger partial charge in [-0.05, 0) is 36.4 Å². The summed E-state index contributed by atoms with van der Waals surface area (Å²) >= 11 is 0. The Labute approximate surface area is 207 Å². The Hall–Kier alpha value is -6.15. The first-order valence-corrected chi connectivity index (χ1v) is 9.71. The van der Waals surface area contributed by atoms with Crippen LogP contribution in [-0.2, 0) is 0 Å². The zero-order chi connectivity index (χ0) is 27.1. The maximum absolute atomic E-state index is 14.0. The van der Waals surface area contributed by atoms with Crippen molar-refractivity contribution in [3.63, 3.8) is 0 Å². The van der Waals surface area contributed by atoms with Crippen molar-refractivity contribution >= 4 is 7.32 Å². The van der Waals surface area contributed by atoms with Gasteiger partial charge in [0.2, 0.25) is 0 Å². The van der Waals surface area contributed by atoms with Crippen molar-refractivity contribution < 1.29 is 27.1 Å². The van der Waals surface area contributed by atoms with Crippen molar-refractivity contribution in [3.8, 4) is 53.7 Å². The SMILES string of the molecule is N#Cc1c(F)ccc(OB(Oc2ccc(F)c(C#N)c2C#N)Oc2ccc(F)c(C#N)c2C#N)c1C#N. The Kier molecular flexibility index (Phi) is 7.47. The molecular weight excluding hydrogens is 488 g/mol. The van der Waals surface area contributed by atoms with Gasteiger partial charge in [-0.1, -0.05) is 0 Å². The molecule has 0 atom stereocenters. The number of hydrogen-bond donors (Lipinski definition) is 0. The zero-order valence-corrected chi connectivity index (χ0v) is 18.1. The Balaban J connectivity index is 2.17. The van der Waals surface area contributed by atoms with Crippen LogP contribution >= 0.6 is 0 Å². The van der Waals surface area contributed by atoms with Crippen LogP contribution in [0, 0.1) is 85.4 Å². The summed E-state index contributed by atoms with van der Waals surface area (Å²) in [7, 11) is -2.06. The molecule has 9 nitrogen and oxygen atoms in total. The van der Waals surface area contributed by atoms with Gasteiger partial charge in [-0.25, -0.2) is 13.2 Å². The van der Waals surface area contributed by atoms with Crippen LogP contribution in [0.15, 0.2) is 36.4 Å². The predicted molar refractivity (Wildman–Crippen MR) is 115 cm³/mol. The van der Waals surface area contributed by atoms with Crippen molar-refractivity contribution in [1.82, 2.24) is 0 Å². The van der Waals surface area contributed by atoms with E-state index in [0.717, 1.165) is 36.4 Å². The molecule has 0 fully saturated rings. The Morgan fingerprint density at radius 2 is 0.676 bits per heavy atom. The lowest BCUT2D eigenvalue weighted by Gasteiger charge is -2.19. The maximum atomic E-state index is 14.0. The Bertz CT molecular complexity index is 1490. The highest BCUT2D eigenvalue weighted by atomic mass is 19.1. The molecule has 0 saturated carbocycles.